The fourth-order valence-electron chi connectivity index (χ4n) is 8.18. The van der Waals surface area contributed by atoms with Gasteiger partial charge in [0.25, 0.3) is 0 Å². The van der Waals surface area contributed by atoms with Crippen molar-refractivity contribution < 1.29 is 14.4 Å². The molecular weight excluding hydrogens is 378 g/mol. The molecule has 1 unspecified atom stereocenters. The van der Waals surface area contributed by atoms with Gasteiger partial charge in [0.2, 0.25) is 5.91 Å². The molecule has 30 heavy (non-hydrogen) atoms. The molecule has 0 bridgehead atoms. The third-order valence-electron chi connectivity index (χ3n) is 9.97. The van der Waals surface area contributed by atoms with Crippen LogP contribution < -0.4 is 11.1 Å². The van der Waals surface area contributed by atoms with Gasteiger partial charge in [-0.1, -0.05) is 19.0 Å². The number of fused-ring (bicyclic) bond motifs is 5. The van der Waals surface area contributed by atoms with Crippen LogP contribution in [0.2, 0.25) is 0 Å². The lowest BCUT2D eigenvalue weighted by Crippen LogP contribution is -2.58. The lowest BCUT2D eigenvalue weighted by molar-refractivity contribution is -0.150. The largest absolute Gasteiger partial charge is 0.391 e. The minimum Gasteiger partial charge on any atom is -0.391 e. The Morgan fingerprint density at radius 1 is 1.13 bits per heavy atom. The van der Waals surface area contributed by atoms with Crippen molar-refractivity contribution in [2.75, 3.05) is 13.1 Å². The SMILES string of the molecule is C[C@]12CCC(=NO[C@@H]3CCNC3)CC1[C@@H](C(N)=O)C[C@@H]1[C@@H]2CC[C@]2(C)C(=O)CC[C@@H]12. The number of rotatable bonds is 3. The van der Waals surface area contributed by atoms with Crippen molar-refractivity contribution >= 4 is 17.4 Å². The number of carbonyl (C=O) groups excluding carboxylic acids is 2. The normalized spacial score (nSPS) is 49.4. The number of hydrogen-bond donors (Lipinski definition) is 2. The summed E-state index contributed by atoms with van der Waals surface area (Å²) in [4.78, 5) is 31.1. The van der Waals surface area contributed by atoms with Crippen LogP contribution in [0.1, 0.15) is 71.6 Å². The fraction of sp³-hybridized carbons (Fsp3) is 0.875. The molecule has 5 rings (SSSR count). The number of nitrogens with zero attached hydrogens (tertiary/aromatic N) is 1. The average Bonchev–Trinajstić information content (AvgIpc) is 3.34. The summed E-state index contributed by atoms with van der Waals surface area (Å²) in [5.41, 5.74) is 7.02. The summed E-state index contributed by atoms with van der Waals surface area (Å²) < 4.78 is 0. The third kappa shape index (κ3) is 3.04. The van der Waals surface area contributed by atoms with E-state index >= 15 is 0 Å². The van der Waals surface area contributed by atoms with Crippen LogP contribution in [0.3, 0.4) is 0 Å². The Morgan fingerprint density at radius 2 is 1.97 bits per heavy atom. The van der Waals surface area contributed by atoms with Gasteiger partial charge in [-0.25, -0.2) is 0 Å². The first-order valence-corrected chi connectivity index (χ1v) is 12.1. The first-order chi connectivity index (χ1) is 14.3. The van der Waals surface area contributed by atoms with Gasteiger partial charge < -0.3 is 15.9 Å². The summed E-state index contributed by atoms with van der Waals surface area (Å²) in [6.45, 7) is 6.45. The Hall–Kier alpha value is -1.43. The van der Waals surface area contributed by atoms with E-state index in [4.69, 9.17) is 10.6 Å². The average molecular weight is 416 g/mol. The number of Topliss-reactive ketones (excluding diaryl/α,β-unsaturated/α-hetero) is 1. The van der Waals surface area contributed by atoms with E-state index in [0.717, 1.165) is 76.6 Å². The van der Waals surface area contributed by atoms with E-state index < -0.39 is 0 Å². The minimum atomic E-state index is -0.170. The second kappa shape index (κ2) is 7.32. The number of carbonyl (C=O) groups is 2. The number of oxime groups is 1. The van der Waals surface area contributed by atoms with E-state index in [-0.39, 0.29) is 34.7 Å². The highest BCUT2D eigenvalue weighted by molar-refractivity contribution is 5.88. The lowest BCUT2D eigenvalue weighted by atomic mass is 9.43. The first-order valence-electron chi connectivity index (χ1n) is 12.1. The summed E-state index contributed by atoms with van der Waals surface area (Å²) in [6, 6.07) is 0. The molecule has 4 saturated carbocycles. The van der Waals surface area contributed by atoms with Gasteiger partial charge in [0.05, 0.1) is 5.71 Å². The van der Waals surface area contributed by atoms with Crippen LogP contribution in [-0.2, 0) is 14.4 Å². The van der Waals surface area contributed by atoms with Crippen molar-refractivity contribution in [3.8, 4) is 0 Å². The van der Waals surface area contributed by atoms with Gasteiger partial charge in [0.1, 0.15) is 11.9 Å². The number of nitrogens with two attached hydrogens (primary N) is 1. The predicted molar refractivity (Wildman–Crippen MR) is 115 cm³/mol. The predicted octanol–water partition coefficient (Wildman–Crippen LogP) is 3.04. The highest BCUT2D eigenvalue weighted by Gasteiger charge is 2.62. The molecule has 1 amide bonds. The molecule has 0 spiro atoms. The molecule has 0 aromatic carbocycles. The molecule has 166 valence electrons. The molecule has 6 heteroatoms. The van der Waals surface area contributed by atoms with Gasteiger partial charge in [0, 0.05) is 30.7 Å². The number of nitrogens with one attached hydrogen (secondary N) is 1. The second-order valence-corrected chi connectivity index (χ2v) is 11.2. The summed E-state index contributed by atoms with van der Waals surface area (Å²) >= 11 is 0. The molecular formula is C24H37N3O3. The molecule has 4 aliphatic carbocycles. The number of primary amides is 1. The maximum atomic E-state index is 12.7. The number of amides is 1. The number of hydrogen-bond acceptors (Lipinski definition) is 5. The quantitative estimate of drug-likeness (QED) is 0.693. The van der Waals surface area contributed by atoms with Crippen LogP contribution in [0.5, 0.6) is 0 Å². The van der Waals surface area contributed by atoms with E-state index in [1.165, 1.54) is 0 Å². The zero-order valence-electron chi connectivity index (χ0n) is 18.5. The molecule has 5 fully saturated rings. The third-order valence-corrected chi connectivity index (χ3v) is 9.97. The molecule has 3 N–H and O–H groups in total. The van der Waals surface area contributed by atoms with Crippen LogP contribution in [0.15, 0.2) is 5.16 Å². The van der Waals surface area contributed by atoms with Crippen LogP contribution in [-0.4, -0.2) is 36.6 Å². The summed E-state index contributed by atoms with van der Waals surface area (Å²) in [5.74, 6) is 1.88. The van der Waals surface area contributed by atoms with E-state index in [0.29, 0.717) is 23.5 Å². The standard InChI is InChI=1S/C24H37N3O3/c1-23-8-5-14(27-30-15-7-10-26-13-15)11-20(23)17(22(25)29)12-16-18-3-4-21(28)24(18,2)9-6-19(16)23/h15-20,26H,3-13H2,1-2H3,(H2,25,29)/t15-,16+,17+,18+,19+,20?,23-,24+/m1/s1. The Bertz CT molecular complexity index is 761. The van der Waals surface area contributed by atoms with Crippen molar-refractivity contribution in [3.05, 3.63) is 0 Å². The molecule has 1 aliphatic heterocycles. The van der Waals surface area contributed by atoms with Crippen molar-refractivity contribution in [2.45, 2.75) is 77.7 Å². The summed E-state index contributed by atoms with van der Waals surface area (Å²) in [6.07, 6.45) is 8.69. The van der Waals surface area contributed by atoms with Gasteiger partial charge in [0.15, 0.2) is 0 Å². The molecule has 1 heterocycles. The van der Waals surface area contributed by atoms with Gasteiger partial charge >= 0.3 is 0 Å². The highest BCUT2D eigenvalue weighted by Crippen LogP contribution is 2.66. The van der Waals surface area contributed by atoms with E-state index in [2.05, 4.69) is 24.3 Å². The molecule has 8 atom stereocenters. The van der Waals surface area contributed by atoms with Crippen LogP contribution in [0.25, 0.3) is 0 Å². The zero-order chi connectivity index (χ0) is 21.1. The Kier molecular flexibility index (Phi) is 4.99. The van der Waals surface area contributed by atoms with E-state index in [1.54, 1.807) is 0 Å². The molecule has 6 nitrogen and oxygen atoms in total. The van der Waals surface area contributed by atoms with E-state index in [9.17, 15) is 9.59 Å². The van der Waals surface area contributed by atoms with Crippen molar-refractivity contribution in [1.82, 2.24) is 5.32 Å². The highest BCUT2D eigenvalue weighted by atomic mass is 16.6. The van der Waals surface area contributed by atoms with Crippen molar-refractivity contribution in [1.29, 1.82) is 0 Å². The monoisotopic (exact) mass is 415 g/mol. The summed E-state index contributed by atoms with van der Waals surface area (Å²) in [5, 5.41) is 7.85. The summed E-state index contributed by atoms with van der Waals surface area (Å²) in [7, 11) is 0. The Labute approximate surface area is 179 Å². The topological polar surface area (TPSA) is 93.8 Å². The maximum Gasteiger partial charge on any atom is 0.220 e. The van der Waals surface area contributed by atoms with Crippen LogP contribution >= 0.6 is 0 Å². The van der Waals surface area contributed by atoms with Crippen molar-refractivity contribution in [3.63, 3.8) is 0 Å². The second-order valence-electron chi connectivity index (χ2n) is 11.2. The van der Waals surface area contributed by atoms with E-state index in [1.807, 2.05) is 0 Å². The van der Waals surface area contributed by atoms with Gasteiger partial charge in [-0.15, -0.1) is 0 Å². The molecule has 0 aromatic rings. The van der Waals surface area contributed by atoms with Crippen LogP contribution in [0, 0.1) is 40.4 Å². The van der Waals surface area contributed by atoms with Crippen molar-refractivity contribution in [2.24, 2.45) is 51.3 Å². The zero-order valence-corrected chi connectivity index (χ0v) is 18.5. The maximum absolute atomic E-state index is 12.7. The van der Waals surface area contributed by atoms with Gasteiger partial charge in [-0.2, -0.15) is 0 Å². The lowest BCUT2D eigenvalue weighted by Gasteiger charge is -2.61. The minimum absolute atomic E-state index is 0.101. The number of ketones is 1. The first kappa shape index (κ1) is 20.5. The molecule has 1 saturated heterocycles. The molecule has 0 radical (unpaired) electrons. The fourth-order valence-corrected chi connectivity index (χ4v) is 8.18. The smallest absolute Gasteiger partial charge is 0.220 e. The molecule has 0 aromatic heterocycles. The molecule has 5 aliphatic rings. The van der Waals surface area contributed by atoms with Gasteiger partial charge in [-0.05, 0) is 80.6 Å². The Balaban J connectivity index is 1.40. The van der Waals surface area contributed by atoms with Crippen LogP contribution in [0.4, 0.5) is 0 Å². The Morgan fingerprint density at radius 3 is 2.70 bits per heavy atom. The van der Waals surface area contributed by atoms with Gasteiger partial charge in [-0.3, -0.25) is 9.59 Å².